The Balaban J connectivity index is 2.26. The summed E-state index contributed by atoms with van der Waals surface area (Å²) in [5, 5.41) is 5.47. The molecule has 0 radical (unpaired) electrons. The van der Waals surface area contributed by atoms with Gasteiger partial charge in [-0.1, -0.05) is 18.2 Å². The number of aromatic nitrogens is 2. The number of nitrogens with zero attached hydrogens (tertiary/aromatic N) is 2. The molecule has 0 atom stereocenters. The molecule has 124 valence electrons. The van der Waals surface area contributed by atoms with Crippen molar-refractivity contribution in [2.45, 2.75) is 27.7 Å². The van der Waals surface area contributed by atoms with Crippen LogP contribution in [0.5, 0.6) is 0 Å². The number of ketones is 1. The van der Waals surface area contributed by atoms with Crippen LogP contribution in [0.1, 0.15) is 30.9 Å². The lowest BCUT2D eigenvalue weighted by Crippen LogP contribution is -1.97. The van der Waals surface area contributed by atoms with Gasteiger partial charge in [-0.2, -0.15) is 9.78 Å². The van der Waals surface area contributed by atoms with E-state index in [0.29, 0.717) is 23.8 Å². The van der Waals surface area contributed by atoms with Crippen LogP contribution in [0.15, 0.2) is 40.8 Å². The van der Waals surface area contributed by atoms with E-state index in [1.54, 1.807) is 4.68 Å². The molecule has 3 rings (SSSR count). The third-order valence-electron chi connectivity index (χ3n) is 3.75. The lowest BCUT2D eigenvalue weighted by atomic mass is 10.1. The van der Waals surface area contributed by atoms with Crippen molar-refractivity contribution in [3.05, 3.63) is 53.4 Å². The van der Waals surface area contributed by atoms with E-state index in [1.807, 2.05) is 51.1 Å². The fourth-order valence-electron chi connectivity index (χ4n) is 2.83. The SMILES string of the molecule is CCO/C(=C\C(C)=O)c1c(C)oc2c1c(C)nn2-c1ccccc1. The van der Waals surface area contributed by atoms with Gasteiger partial charge in [0.25, 0.3) is 0 Å². The highest BCUT2D eigenvalue weighted by Crippen LogP contribution is 2.35. The van der Waals surface area contributed by atoms with Gasteiger partial charge in [-0.15, -0.1) is 0 Å². The number of para-hydroxylation sites is 1. The number of allylic oxidation sites excluding steroid dienone is 1. The lowest BCUT2D eigenvalue weighted by Gasteiger charge is -2.07. The van der Waals surface area contributed by atoms with Gasteiger partial charge < -0.3 is 9.15 Å². The van der Waals surface area contributed by atoms with Gasteiger partial charge in [-0.3, -0.25) is 4.79 Å². The Morgan fingerprint density at radius 1 is 1.29 bits per heavy atom. The molecule has 0 fully saturated rings. The molecule has 1 aromatic carbocycles. The third-order valence-corrected chi connectivity index (χ3v) is 3.75. The predicted molar refractivity (Wildman–Crippen MR) is 93.1 cm³/mol. The molecule has 2 heterocycles. The summed E-state index contributed by atoms with van der Waals surface area (Å²) in [7, 11) is 0. The predicted octanol–water partition coefficient (Wildman–Crippen LogP) is 4.20. The van der Waals surface area contributed by atoms with Crippen molar-refractivity contribution in [3.8, 4) is 5.69 Å². The number of carbonyl (C=O) groups excluding carboxylic acids is 1. The molecule has 0 N–H and O–H groups in total. The Labute approximate surface area is 140 Å². The molecular formula is C19H20N2O3. The number of hydrogen-bond donors (Lipinski definition) is 0. The average molecular weight is 324 g/mol. The maximum atomic E-state index is 11.6. The van der Waals surface area contributed by atoms with Crippen molar-refractivity contribution < 1.29 is 13.9 Å². The monoisotopic (exact) mass is 324 g/mol. The number of hydrogen-bond acceptors (Lipinski definition) is 4. The Kier molecular flexibility index (Phi) is 4.25. The van der Waals surface area contributed by atoms with Crippen LogP contribution >= 0.6 is 0 Å². The van der Waals surface area contributed by atoms with Crippen LogP contribution in [0, 0.1) is 13.8 Å². The van der Waals surface area contributed by atoms with Crippen LogP contribution in [-0.4, -0.2) is 22.2 Å². The van der Waals surface area contributed by atoms with Crippen LogP contribution in [0.25, 0.3) is 22.5 Å². The number of fused-ring (bicyclic) bond motifs is 1. The molecule has 0 saturated carbocycles. The number of ether oxygens (including phenoxy) is 1. The molecule has 5 heteroatoms. The van der Waals surface area contributed by atoms with Crippen molar-refractivity contribution >= 4 is 22.6 Å². The summed E-state index contributed by atoms with van der Waals surface area (Å²) in [6.45, 7) is 7.67. The molecule has 0 saturated heterocycles. The van der Waals surface area contributed by atoms with Gasteiger partial charge in [0.2, 0.25) is 5.71 Å². The van der Waals surface area contributed by atoms with Crippen LogP contribution in [0.3, 0.4) is 0 Å². The number of benzene rings is 1. The van der Waals surface area contributed by atoms with Crippen molar-refractivity contribution in [2.75, 3.05) is 6.61 Å². The number of carbonyl (C=O) groups is 1. The highest BCUT2D eigenvalue weighted by molar-refractivity contribution is 5.99. The van der Waals surface area contributed by atoms with Gasteiger partial charge in [-0.25, -0.2) is 0 Å². The fourth-order valence-corrected chi connectivity index (χ4v) is 2.83. The number of rotatable bonds is 5. The van der Waals surface area contributed by atoms with Crippen molar-refractivity contribution in [1.82, 2.24) is 9.78 Å². The average Bonchev–Trinajstić information content (AvgIpc) is 3.04. The molecule has 0 bridgehead atoms. The summed E-state index contributed by atoms with van der Waals surface area (Å²) in [4.78, 5) is 11.6. The largest absolute Gasteiger partial charge is 0.493 e. The van der Waals surface area contributed by atoms with Crippen LogP contribution < -0.4 is 0 Å². The molecule has 0 aliphatic rings. The van der Waals surface area contributed by atoms with Gasteiger partial charge in [0, 0.05) is 6.08 Å². The zero-order valence-electron chi connectivity index (χ0n) is 14.3. The van der Waals surface area contributed by atoms with E-state index < -0.39 is 0 Å². The third kappa shape index (κ3) is 2.73. The first-order valence-electron chi connectivity index (χ1n) is 7.92. The van der Waals surface area contributed by atoms with Gasteiger partial charge in [0.05, 0.1) is 28.9 Å². The molecule has 0 aliphatic heterocycles. The molecule has 0 amide bonds. The second-order valence-electron chi connectivity index (χ2n) is 5.60. The molecule has 24 heavy (non-hydrogen) atoms. The lowest BCUT2D eigenvalue weighted by molar-refractivity contribution is -0.112. The molecule has 3 aromatic rings. The maximum Gasteiger partial charge on any atom is 0.230 e. The minimum absolute atomic E-state index is 0.0692. The maximum absolute atomic E-state index is 11.6. The molecule has 0 aliphatic carbocycles. The molecule has 5 nitrogen and oxygen atoms in total. The molecule has 2 aromatic heterocycles. The Morgan fingerprint density at radius 2 is 2.00 bits per heavy atom. The van der Waals surface area contributed by atoms with E-state index in [4.69, 9.17) is 9.15 Å². The minimum atomic E-state index is -0.0692. The summed E-state index contributed by atoms with van der Waals surface area (Å²) in [5.74, 6) is 1.16. The topological polar surface area (TPSA) is 57.3 Å². The van der Waals surface area contributed by atoms with Crippen LogP contribution in [0.4, 0.5) is 0 Å². The second-order valence-corrected chi connectivity index (χ2v) is 5.60. The summed E-state index contributed by atoms with van der Waals surface area (Å²) in [6.07, 6.45) is 1.50. The van der Waals surface area contributed by atoms with E-state index >= 15 is 0 Å². The standard InChI is InChI=1S/C19H20N2O3/c1-5-23-16(11-12(2)22)18-14(4)24-19-17(18)13(3)20-21(19)15-9-7-6-8-10-15/h6-11H,5H2,1-4H3/b16-11-. The van der Waals surface area contributed by atoms with Gasteiger partial charge in [0.1, 0.15) is 11.5 Å². The van der Waals surface area contributed by atoms with Crippen LogP contribution in [-0.2, 0) is 9.53 Å². The minimum Gasteiger partial charge on any atom is -0.493 e. The first kappa shape index (κ1) is 16.1. The summed E-state index contributed by atoms with van der Waals surface area (Å²) in [5.41, 5.74) is 3.20. The van der Waals surface area contributed by atoms with E-state index in [0.717, 1.165) is 22.3 Å². The first-order valence-corrected chi connectivity index (χ1v) is 7.92. The zero-order valence-corrected chi connectivity index (χ0v) is 14.3. The first-order chi connectivity index (χ1) is 11.5. The summed E-state index contributed by atoms with van der Waals surface area (Å²) in [6, 6.07) is 9.81. The van der Waals surface area contributed by atoms with E-state index in [1.165, 1.54) is 13.0 Å². The van der Waals surface area contributed by atoms with Gasteiger partial charge in [-0.05, 0) is 39.8 Å². The summed E-state index contributed by atoms with van der Waals surface area (Å²) >= 11 is 0. The van der Waals surface area contributed by atoms with Crippen molar-refractivity contribution in [3.63, 3.8) is 0 Å². The van der Waals surface area contributed by atoms with E-state index in [2.05, 4.69) is 5.10 Å². The van der Waals surface area contributed by atoms with Crippen molar-refractivity contribution in [2.24, 2.45) is 0 Å². The second kappa shape index (κ2) is 6.35. The van der Waals surface area contributed by atoms with Gasteiger partial charge in [0.15, 0.2) is 5.78 Å². The van der Waals surface area contributed by atoms with Crippen LogP contribution in [0.2, 0.25) is 0 Å². The number of furan rings is 1. The fraction of sp³-hybridized carbons (Fsp3) is 0.263. The molecule has 0 unspecified atom stereocenters. The molecular weight excluding hydrogens is 304 g/mol. The number of aryl methyl sites for hydroxylation is 2. The smallest absolute Gasteiger partial charge is 0.230 e. The zero-order chi connectivity index (χ0) is 17.3. The van der Waals surface area contributed by atoms with Gasteiger partial charge >= 0.3 is 0 Å². The normalized spacial score (nSPS) is 11.9. The Morgan fingerprint density at radius 3 is 2.62 bits per heavy atom. The highest BCUT2D eigenvalue weighted by atomic mass is 16.5. The van der Waals surface area contributed by atoms with Crippen molar-refractivity contribution in [1.29, 1.82) is 0 Å². The van der Waals surface area contributed by atoms with E-state index in [-0.39, 0.29) is 5.78 Å². The molecule has 0 spiro atoms. The summed E-state index contributed by atoms with van der Waals surface area (Å²) < 4.78 is 13.5. The Bertz CT molecular complexity index is 917. The van der Waals surface area contributed by atoms with E-state index in [9.17, 15) is 4.79 Å². The quantitative estimate of drug-likeness (QED) is 0.521. The highest BCUT2D eigenvalue weighted by Gasteiger charge is 2.23. The Hall–Kier alpha value is -2.82.